The fourth-order valence-corrected chi connectivity index (χ4v) is 1.71. The van der Waals surface area contributed by atoms with Crippen molar-refractivity contribution in [3.63, 3.8) is 0 Å². The third-order valence-electron chi connectivity index (χ3n) is 1.51. The first-order valence-corrected chi connectivity index (χ1v) is 4.20. The first kappa shape index (κ1) is 7.72. The van der Waals surface area contributed by atoms with Gasteiger partial charge in [-0.05, 0) is 11.4 Å². The highest BCUT2D eigenvalue weighted by molar-refractivity contribution is 7.10. The van der Waals surface area contributed by atoms with Gasteiger partial charge in [-0.15, -0.1) is 11.3 Å². The normalized spacial score (nSPS) is 10.7. The summed E-state index contributed by atoms with van der Waals surface area (Å²) < 4.78 is 0. The van der Waals surface area contributed by atoms with Crippen molar-refractivity contribution < 1.29 is 0 Å². The van der Waals surface area contributed by atoms with Crippen molar-refractivity contribution in [3.05, 3.63) is 22.4 Å². The van der Waals surface area contributed by atoms with Gasteiger partial charge in [-0.1, -0.05) is 6.07 Å². The molecular weight excluding hydrogens is 144 g/mol. The van der Waals surface area contributed by atoms with Crippen LogP contribution in [0.2, 0.25) is 0 Å². The molecule has 4 N–H and O–H groups in total. The van der Waals surface area contributed by atoms with Crippen LogP contribution in [0.25, 0.3) is 0 Å². The SMILES string of the molecule is NCC(CN)c1cccs1. The zero-order valence-corrected chi connectivity index (χ0v) is 6.60. The van der Waals surface area contributed by atoms with E-state index in [4.69, 9.17) is 11.5 Å². The summed E-state index contributed by atoms with van der Waals surface area (Å²) in [5, 5.41) is 2.05. The van der Waals surface area contributed by atoms with Gasteiger partial charge in [-0.2, -0.15) is 0 Å². The fraction of sp³-hybridized carbons (Fsp3) is 0.429. The van der Waals surface area contributed by atoms with Crippen molar-refractivity contribution in [2.24, 2.45) is 11.5 Å². The minimum absolute atomic E-state index is 0.361. The van der Waals surface area contributed by atoms with E-state index in [1.807, 2.05) is 11.4 Å². The zero-order valence-electron chi connectivity index (χ0n) is 5.79. The van der Waals surface area contributed by atoms with Crippen LogP contribution in [-0.4, -0.2) is 13.1 Å². The molecule has 0 aliphatic carbocycles. The molecule has 0 aromatic carbocycles. The molecule has 0 unspecified atom stereocenters. The maximum atomic E-state index is 5.50. The van der Waals surface area contributed by atoms with Crippen molar-refractivity contribution in [1.29, 1.82) is 0 Å². The highest BCUT2D eigenvalue weighted by Crippen LogP contribution is 2.18. The Bertz CT molecular complexity index is 168. The Morgan fingerprint density at radius 1 is 1.40 bits per heavy atom. The first-order valence-electron chi connectivity index (χ1n) is 3.32. The Hall–Kier alpha value is -0.380. The predicted octanol–water partition coefficient (Wildman–Crippen LogP) is 0.749. The van der Waals surface area contributed by atoms with Gasteiger partial charge in [0.15, 0.2) is 0 Å². The zero-order chi connectivity index (χ0) is 7.40. The van der Waals surface area contributed by atoms with Gasteiger partial charge in [0.1, 0.15) is 0 Å². The quantitative estimate of drug-likeness (QED) is 0.678. The molecule has 0 fully saturated rings. The van der Waals surface area contributed by atoms with E-state index in [2.05, 4.69) is 6.07 Å². The Morgan fingerprint density at radius 3 is 2.50 bits per heavy atom. The fourth-order valence-electron chi connectivity index (χ4n) is 0.852. The van der Waals surface area contributed by atoms with Crippen molar-refractivity contribution >= 4 is 11.3 Å². The molecule has 0 atom stereocenters. The molecule has 0 saturated heterocycles. The van der Waals surface area contributed by atoms with Gasteiger partial charge in [0, 0.05) is 23.9 Å². The lowest BCUT2D eigenvalue weighted by atomic mass is 10.1. The maximum absolute atomic E-state index is 5.50. The lowest BCUT2D eigenvalue weighted by molar-refractivity contribution is 0.721. The maximum Gasteiger partial charge on any atom is 0.0178 e. The average Bonchev–Trinajstić information content (AvgIpc) is 2.43. The number of rotatable bonds is 3. The van der Waals surface area contributed by atoms with Crippen LogP contribution in [0.3, 0.4) is 0 Å². The molecule has 0 amide bonds. The van der Waals surface area contributed by atoms with E-state index in [1.165, 1.54) is 4.88 Å². The van der Waals surface area contributed by atoms with Crippen LogP contribution in [0.5, 0.6) is 0 Å². The molecule has 1 rings (SSSR count). The van der Waals surface area contributed by atoms with Gasteiger partial charge < -0.3 is 11.5 Å². The van der Waals surface area contributed by atoms with Gasteiger partial charge in [-0.25, -0.2) is 0 Å². The minimum atomic E-state index is 0.361. The summed E-state index contributed by atoms with van der Waals surface area (Å²) in [5.74, 6) is 0.361. The molecule has 0 saturated carbocycles. The van der Waals surface area contributed by atoms with Crippen LogP contribution in [0.15, 0.2) is 17.5 Å². The number of hydrogen-bond acceptors (Lipinski definition) is 3. The molecule has 1 aromatic heterocycles. The Morgan fingerprint density at radius 2 is 2.10 bits per heavy atom. The predicted molar refractivity (Wildman–Crippen MR) is 45.2 cm³/mol. The lowest BCUT2D eigenvalue weighted by Crippen LogP contribution is -2.20. The Labute approximate surface area is 64.8 Å². The van der Waals surface area contributed by atoms with E-state index < -0.39 is 0 Å². The van der Waals surface area contributed by atoms with Gasteiger partial charge in [0.25, 0.3) is 0 Å². The average molecular weight is 156 g/mol. The topological polar surface area (TPSA) is 52.0 Å². The molecule has 2 nitrogen and oxygen atoms in total. The molecule has 10 heavy (non-hydrogen) atoms. The van der Waals surface area contributed by atoms with Gasteiger partial charge in [-0.3, -0.25) is 0 Å². The summed E-state index contributed by atoms with van der Waals surface area (Å²) in [6, 6.07) is 4.10. The van der Waals surface area contributed by atoms with E-state index >= 15 is 0 Å². The summed E-state index contributed by atoms with van der Waals surface area (Å²) in [5.41, 5.74) is 11.0. The smallest absolute Gasteiger partial charge is 0.0178 e. The summed E-state index contributed by atoms with van der Waals surface area (Å²) in [7, 11) is 0. The van der Waals surface area contributed by atoms with Crippen LogP contribution >= 0.6 is 11.3 Å². The molecule has 0 aliphatic heterocycles. The standard InChI is InChI=1S/C7H12N2S/c8-4-6(5-9)7-2-1-3-10-7/h1-3,6H,4-5,8-9H2. The third-order valence-corrected chi connectivity index (χ3v) is 2.55. The molecular formula is C7H12N2S. The van der Waals surface area contributed by atoms with Crippen molar-refractivity contribution in [2.45, 2.75) is 5.92 Å². The molecule has 0 radical (unpaired) electrons. The van der Waals surface area contributed by atoms with Gasteiger partial charge in [0.2, 0.25) is 0 Å². The van der Waals surface area contributed by atoms with Crippen molar-refractivity contribution in [1.82, 2.24) is 0 Å². The summed E-state index contributed by atoms with van der Waals surface area (Å²) in [6.07, 6.45) is 0. The van der Waals surface area contributed by atoms with E-state index in [-0.39, 0.29) is 0 Å². The van der Waals surface area contributed by atoms with Crippen LogP contribution < -0.4 is 11.5 Å². The van der Waals surface area contributed by atoms with Gasteiger partial charge in [0.05, 0.1) is 0 Å². The molecule has 0 bridgehead atoms. The van der Waals surface area contributed by atoms with Crippen molar-refractivity contribution in [2.75, 3.05) is 13.1 Å². The highest BCUT2D eigenvalue weighted by Gasteiger charge is 2.06. The highest BCUT2D eigenvalue weighted by atomic mass is 32.1. The monoisotopic (exact) mass is 156 g/mol. The van der Waals surface area contributed by atoms with Crippen LogP contribution in [0.1, 0.15) is 10.8 Å². The second-order valence-corrected chi connectivity index (χ2v) is 3.16. The first-order chi connectivity index (χ1) is 4.88. The molecule has 0 aliphatic rings. The third kappa shape index (κ3) is 1.56. The van der Waals surface area contributed by atoms with E-state index in [0.717, 1.165) is 0 Å². The largest absolute Gasteiger partial charge is 0.330 e. The Balaban J connectivity index is 2.64. The Kier molecular flexibility index (Phi) is 2.86. The number of thiophene rings is 1. The van der Waals surface area contributed by atoms with Gasteiger partial charge >= 0.3 is 0 Å². The number of nitrogens with two attached hydrogens (primary N) is 2. The second-order valence-electron chi connectivity index (χ2n) is 2.18. The summed E-state index contributed by atoms with van der Waals surface area (Å²) in [4.78, 5) is 1.30. The van der Waals surface area contributed by atoms with E-state index in [0.29, 0.717) is 19.0 Å². The summed E-state index contributed by atoms with van der Waals surface area (Å²) in [6.45, 7) is 1.30. The molecule has 1 aromatic rings. The molecule has 56 valence electrons. The second kappa shape index (κ2) is 3.71. The van der Waals surface area contributed by atoms with Crippen LogP contribution in [0.4, 0.5) is 0 Å². The lowest BCUT2D eigenvalue weighted by Gasteiger charge is -2.07. The van der Waals surface area contributed by atoms with E-state index in [9.17, 15) is 0 Å². The summed E-state index contributed by atoms with van der Waals surface area (Å²) >= 11 is 1.72. The minimum Gasteiger partial charge on any atom is -0.330 e. The molecule has 1 heterocycles. The molecule has 3 heteroatoms. The van der Waals surface area contributed by atoms with E-state index in [1.54, 1.807) is 11.3 Å². The molecule has 0 spiro atoms. The van der Waals surface area contributed by atoms with Crippen molar-refractivity contribution in [3.8, 4) is 0 Å². The van der Waals surface area contributed by atoms with Crippen LogP contribution in [0, 0.1) is 0 Å². The van der Waals surface area contributed by atoms with Crippen LogP contribution in [-0.2, 0) is 0 Å². The number of hydrogen-bond donors (Lipinski definition) is 2.